The molecule has 0 bridgehead atoms. The minimum atomic E-state index is 0.884. The first-order valence-corrected chi connectivity index (χ1v) is 10.1. The lowest BCUT2D eigenvalue weighted by Gasteiger charge is -2.30. The highest BCUT2D eigenvalue weighted by Crippen LogP contribution is 2.19. The number of aryl methyl sites for hydroxylation is 1. The molecule has 1 fully saturated rings. The van der Waals surface area contributed by atoms with Gasteiger partial charge in [0.2, 0.25) is 0 Å². The summed E-state index contributed by atoms with van der Waals surface area (Å²) < 4.78 is 5.44. The molecule has 0 saturated carbocycles. The van der Waals surface area contributed by atoms with E-state index in [0.717, 1.165) is 52.5 Å². The molecule has 2 heterocycles. The maximum atomic E-state index is 5.44. The second-order valence-electron chi connectivity index (χ2n) is 6.58. The van der Waals surface area contributed by atoms with Crippen LogP contribution < -0.4 is 0 Å². The van der Waals surface area contributed by atoms with Crippen molar-refractivity contribution in [1.29, 1.82) is 0 Å². The van der Waals surface area contributed by atoms with Gasteiger partial charge in [-0.1, -0.05) is 41.6 Å². The topological polar surface area (TPSA) is 28.1 Å². The third-order valence-electron chi connectivity index (χ3n) is 4.51. The van der Waals surface area contributed by atoms with Crippen LogP contribution in [0.3, 0.4) is 0 Å². The lowest BCUT2D eigenvalue weighted by Crippen LogP contribution is -2.39. The lowest BCUT2D eigenvalue weighted by molar-refractivity contribution is 0.0368. The average molecular weight is 348 g/mol. The SMILES string of the molecule is Cc1cccc(CN(CCCN2CCOCC2)C2=NCCCS2)c1. The molecule has 4 nitrogen and oxygen atoms in total. The molecule has 0 atom stereocenters. The molecule has 3 rings (SSSR count). The zero-order chi connectivity index (χ0) is 16.6. The second-order valence-corrected chi connectivity index (χ2v) is 7.65. The molecular weight excluding hydrogens is 318 g/mol. The Hall–Kier alpha value is -1.04. The quantitative estimate of drug-likeness (QED) is 0.791. The number of hydrogen-bond donors (Lipinski definition) is 0. The molecule has 0 amide bonds. The number of morpholine rings is 1. The average Bonchev–Trinajstić information content (AvgIpc) is 2.63. The van der Waals surface area contributed by atoms with E-state index in [4.69, 9.17) is 9.73 Å². The van der Waals surface area contributed by atoms with Crippen molar-refractivity contribution in [1.82, 2.24) is 9.80 Å². The predicted molar refractivity (Wildman–Crippen MR) is 103 cm³/mol. The lowest BCUT2D eigenvalue weighted by atomic mass is 10.1. The van der Waals surface area contributed by atoms with Crippen molar-refractivity contribution in [3.05, 3.63) is 35.4 Å². The molecule has 2 aliphatic heterocycles. The van der Waals surface area contributed by atoms with E-state index in [0.29, 0.717) is 0 Å². The van der Waals surface area contributed by atoms with Crippen molar-refractivity contribution < 1.29 is 4.74 Å². The van der Waals surface area contributed by atoms with E-state index in [1.165, 1.54) is 34.9 Å². The largest absolute Gasteiger partial charge is 0.379 e. The number of nitrogens with zero attached hydrogens (tertiary/aromatic N) is 3. The van der Waals surface area contributed by atoms with Gasteiger partial charge in [0.05, 0.1) is 13.2 Å². The van der Waals surface area contributed by atoms with E-state index in [2.05, 4.69) is 41.0 Å². The molecule has 0 N–H and O–H groups in total. The Bertz CT molecular complexity index is 543. The standard InChI is InChI=1S/C19H29N3OS/c1-17-5-2-6-18(15-17)16-22(19-20-7-3-14-24-19)9-4-8-21-10-12-23-13-11-21/h2,5-6,15H,3-4,7-14,16H2,1H3. The number of hydrogen-bond acceptors (Lipinski definition) is 5. The Morgan fingerprint density at radius 3 is 2.92 bits per heavy atom. The van der Waals surface area contributed by atoms with Crippen molar-refractivity contribution >= 4 is 16.9 Å². The second kappa shape index (κ2) is 9.44. The molecule has 0 spiro atoms. The van der Waals surface area contributed by atoms with Gasteiger partial charge in [-0.2, -0.15) is 0 Å². The van der Waals surface area contributed by atoms with E-state index in [1.54, 1.807) is 0 Å². The fourth-order valence-corrected chi connectivity index (χ4v) is 4.20. The summed E-state index contributed by atoms with van der Waals surface area (Å²) in [4.78, 5) is 9.79. The molecule has 0 radical (unpaired) electrons. The first-order chi connectivity index (χ1) is 11.8. The van der Waals surface area contributed by atoms with Crippen LogP contribution in [-0.2, 0) is 11.3 Å². The van der Waals surface area contributed by atoms with Gasteiger partial charge in [-0.05, 0) is 25.3 Å². The van der Waals surface area contributed by atoms with Crippen LogP contribution in [0, 0.1) is 6.92 Å². The summed E-state index contributed by atoms with van der Waals surface area (Å²) in [6.07, 6.45) is 2.39. The van der Waals surface area contributed by atoms with Gasteiger partial charge in [0.15, 0.2) is 5.17 Å². The molecule has 24 heavy (non-hydrogen) atoms. The maximum Gasteiger partial charge on any atom is 0.159 e. The first-order valence-electron chi connectivity index (χ1n) is 9.09. The summed E-state index contributed by atoms with van der Waals surface area (Å²) in [5.74, 6) is 1.20. The molecule has 0 unspecified atom stereocenters. The summed E-state index contributed by atoms with van der Waals surface area (Å²) in [6.45, 7) is 10.3. The van der Waals surface area contributed by atoms with E-state index >= 15 is 0 Å². The Kier molecular flexibility index (Phi) is 6.99. The third kappa shape index (κ3) is 5.50. The summed E-state index contributed by atoms with van der Waals surface area (Å²) >= 11 is 1.92. The van der Waals surface area contributed by atoms with E-state index in [9.17, 15) is 0 Å². The minimum absolute atomic E-state index is 0.884. The predicted octanol–water partition coefficient (Wildman–Crippen LogP) is 3.01. The number of ether oxygens (including phenoxy) is 1. The van der Waals surface area contributed by atoms with E-state index < -0.39 is 0 Å². The first kappa shape index (κ1) is 17.8. The zero-order valence-corrected chi connectivity index (χ0v) is 15.6. The van der Waals surface area contributed by atoms with Crippen LogP contribution in [0.5, 0.6) is 0 Å². The number of benzene rings is 1. The van der Waals surface area contributed by atoms with Crippen LogP contribution in [0.15, 0.2) is 29.3 Å². The fraction of sp³-hybridized carbons (Fsp3) is 0.632. The molecule has 132 valence electrons. The highest BCUT2D eigenvalue weighted by Gasteiger charge is 2.16. The summed E-state index contributed by atoms with van der Waals surface area (Å²) in [6, 6.07) is 8.85. The van der Waals surface area contributed by atoms with Gasteiger partial charge in [0.1, 0.15) is 0 Å². The van der Waals surface area contributed by atoms with Gasteiger partial charge in [0.25, 0.3) is 0 Å². The van der Waals surface area contributed by atoms with Crippen molar-refractivity contribution in [3.8, 4) is 0 Å². The molecule has 1 aromatic carbocycles. The number of amidine groups is 1. The van der Waals surface area contributed by atoms with Gasteiger partial charge in [0, 0.05) is 45.0 Å². The number of thioether (sulfide) groups is 1. The number of aliphatic imine (C=N–C) groups is 1. The zero-order valence-electron chi connectivity index (χ0n) is 14.7. The Labute approximate surface area is 150 Å². The van der Waals surface area contributed by atoms with Crippen molar-refractivity contribution in [3.63, 3.8) is 0 Å². The molecule has 1 saturated heterocycles. The van der Waals surface area contributed by atoms with Crippen molar-refractivity contribution in [2.45, 2.75) is 26.3 Å². The normalized spacial score (nSPS) is 19.1. The van der Waals surface area contributed by atoms with Gasteiger partial charge >= 0.3 is 0 Å². The number of rotatable bonds is 6. The van der Waals surface area contributed by atoms with Crippen LogP contribution in [0.4, 0.5) is 0 Å². The van der Waals surface area contributed by atoms with Crippen LogP contribution in [-0.4, -0.2) is 66.7 Å². The molecule has 0 aliphatic carbocycles. The monoisotopic (exact) mass is 347 g/mol. The fourth-order valence-electron chi connectivity index (χ4n) is 3.22. The van der Waals surface area contributed by atoms with Gasteiger partial charge < -0.3 is 9.64 Å². The van der Waals surface area contributed by atoms with Crippen LogP contribution in [0.2, 0.25) is 0 Å². The van der Waals surface area contributed by atoms with E-state index in [-0.39, 0.29) is 0 Å². The maximum absolute atomic E-state index is 5.44. The summed E-state index contributed by atoms with van der Waals surface area (Å²) in [5, 5.41) is 1.24. The van der Waals surface area contributed by atoms with Crippen molar-refractivity contribution in [2.24, 2.45) is 4.99 Å². The Balaban J connectivity index is 1.57. The van der Waals surface area contributed by atoms with Crippen molar-refractivity contribution in [2.75, 3.05) is 51.7 Å². The highest BCUT2D eigenvalue weighted by molar-refractivity contribution is 8.13. The van der Waals surface area contributed by atoms with Crippen LogP contribution in [0.1, 0.15) is 24.0 Å². The van der Waals surface area contributed by atoms with Crippen LogP contribution in [0.25, 0.3) is 0 Å². The van der Waals surface area contributed by atoms with Gasteiger partial charge in [-0.25, -0.2) is 0 Å². The van der Waals surface area contributed by atoms with Crippen LogP contribution >= 0.6 is 11.8 Å². The minimum Gasteiger partial charge on any atom is -0.379 e. The molecular formula is C19H29N3OS. The molecule has 1 aromatic rings. The third-order valence-corrected chi connectivity index (χ3v) is 5.65. The van der Waals surface area contributed by atoms with Gasteiger partial charge in [-0.15, -0.1) is 0 Å². The van der Waals surface area contributed by atoms with E-state index in [1.807, 2.05) is 11.8 Å². The highest BCUT2D eigenvalue weighted by atomic mass is 32.2. The Morgan fingerprint density at radius 1 is 1.29 bits per heavy atom. The summed E-state index contributed by atoms with van der Waals surface area (Å²) in [5.41, 5.74) is 2.72. The smallest absolute Gasteiger partial charge is 0.159 e. The molecule has 5 heteroatoms. The Morgan fingerprint density at radius 2 is 2.17 bits per heavy atom. The van der Waals surface area contributed by atoms with Gasteiger partial charge in [-0.3, -0.25) is 9.89 Å². The molecule has 0 aromatic heterocycles. The molecule has 2 aliphatic rings. The summed E-state index contributed by atoms with van der Waals surface area (Å²) in [7, 11) is 0.